The fourth-order valence-corrected chi connectivity index (χ4v) is 3.73. The minimum absolute atomic E-state index is 0.127. The molecule has 8 nitrogen and oxygen atoms in total. The molecule has 2 amide bonds. The van der Waals surface area contributed by atoms with Crippen LogP contribution in [0, 0.1) is 0 Å². The predicted molar refractivity (Wildman–Crippen MR) is 121 cm³/mol. The van der Waals surface area contributed by atoms with Crippen LogP contribution < -0.4 is 5.32 Å². The highest BCUT2D eigenvalue weighted by Crippen LogP contribution is 2.37. The Labute approximate surface area is 184 Å². The van der Waals surface area contributed by atoms with Gasteiger partial charge in [0, 0.05) is 53.7 Å². The Morgan fingerprint density at radius 2 is 1.84 bits per heavy atom. The van der Waals surface area contributed by atoms with E-state index in [1.807, 2.05) is 59.3 Å². The summed E-state index contributed by atoms with van der Waals surface area (Å²) in [5.41, 5.74) is 3.79. The zero-order valence-corrected chi connectivity index (χ0v) is 17.0. The molecule has 0 spiro atoms. The zero-order chi connectivity index (χ0) is 21.9. The third kappa shape index (κ3) is 3.81. The summed E-state index contributed by atoms with van der Waals surface area (Å²) in [6.45, 7) is 0. The number of phenolic OH excluding ortho intramolecular Hbond substituents is 1. The average Bonchev–Trinajstić information content (AvgIpc) is 3.51. The zero-order valence-electron chi connectivity index (χ0n) is 17.0. The first-order valence-corrected chi connectivity index (χ1v) is 10.1. The van der Waals surface area contributed by atoms with E-state index in [9.17, 15) is 9.90 Å². The Morgan fingerprint density at radius 3 is 2.56 bits per heavy atom. The number of hydrazone groups is 1. The second kappa shape index (κ2) is 8.35. The lowest BCUT2D eigenvalue weighted by Crippen LogP contribution is -2.31. The molecule has 0 saturated heterocycles. The van der Waals surface area contributed by atoms with Crippen molar-refractivity contribution in [1.82, 2.24) is 19.5 Å². The molecule has 0 saturated carbocycles. The number of aromatic nitrogens is 3. The lowest BCUT2D eigenvalue weighted by Gasteiger charge is -2.23. The van der Waals surface area contributed by atoms with E-state index < -0.39 is 6.04 Å². The van der Waals surface area contributed by atoms with E-state index in [0.29, 0.717) is 17.7 Å². The lowest BCUT2D eigenvalue weighted by molar-refractivity contribution is 0.199. The van der Waals surface area contributed by atoms with Gasteiger partial charge >= 0.3 is 6.03 Å². The van der Waals surface area contributed by atoms with Crippen LogP contribution in [0.4, 0.5) is 10.5 Å². The van der Waals surface area contributed by atoms with Crippen LogP contribution in [0.15, 0.2) is 96.9 Å². The van der Waals surface area contributed by atoms with Gasteiger partial charge in [0.15, 0.2) is 0 Å². The van der Waals surface area contributed by atoms with Crippen LogP contribution in [-0.4, -0.2) is 36.4 Å². The summed E-state index contributed by atoms with van der Waals surface area (Å²) in [7, 11) is 0. The van der Waals surface area contributed by atoms with Crippen LogP contribution in [0.25, 0.3) is 5.69 Å². The summed E-state index contributed by atoms with van der Waals surface area (Å²) in [5, 5.41) is 19.3. The van der Waals surface area contributed by atoms with Crippen molar-refractivity contribution >= 4 is 17.4 Å². The molecule has 5 rings (SSSR count). The SMILES string of the molecule is O=C(Nc1ccc(-n2ccnc2)cc1)N1N=C(c2cccnc2)CC1c1ccccc1O. The van der Waals surface area contributed by atoms with Crippen molar-refractivity contribution in [3.05, 3.63) is 103 Å². The summed E-state index contributed by atoms with van der Waals surface area (Å²) >= 11 is 0. The van der Waals surface area contributed by atoms with Gasteiger partial charge in [-0.2, -0.15) is 5.10 Å². The molecule has 4 aromatic rings. The highest BCUT2D eigenvalue weighted by Gasteiger charge is 2.34. The van der Waals surface area contributed by atoms with Gasteiger partial charge < -0.3 is 15.0 Å². The number of nitrogens with one attached hydrogen (secondary N) is 1. The highest BCUT2D eigenvalue weighted by molar-refractivity contribution is 6.04. The molecule has 0 aliphatic carbocycles. The number of amides is 2. The van der Waals surface area contributed by atoms with E-state index >= 15 is 0 Å². The number of benzene rings is 2. The first kappa shape index (κ1) is 19.5. The number of imidazole rings is 1. The van der Waals surface area contributed by atoms with Crippen LogP contribution in [-0.2, 0) is 0 Å². The molecule has 0 fully saturated rings. The van der Waals surface area contributed by atoms with E-state index in [1.54, 1.807) is 37.1 Å². The fourth-order valence-electron chi connectivity index (χ4n) is 3.73. The molecule has 8 heteroatoms. The van der Waals surface area contributed by atoms with Crippen molar-refractivity contribution in [2.24, 2.45) is 5.10 Å². The number of urea groups is 1. The van der Waals surface area contributed by atoms with Crippen LogP contribution in [0.2, 0.25) is 0 Å². The summed E-state index contributed by atoms with van der Waals surface area (Å²) in [6, 6.07) is 17.4. The number of pyridine rings is 1. The first-order valence-electron chi connectivity index (χ1n) is 10.1. The summed E-state index contributed by atoms with van der Waals surface area (Å²) in [4.78, 5) is 21.4. The molecule has 2 aromatic heterocycles. The Kier molecular flexibility index (Phi) is 5.09. The van der Waals surface area contributed by atoms with E-state index in [2.05, 4.69) is 20.4 Å². The Hall–Kier alpha value is -4.46. The van der Waals surface area contributed by atoms with Gasteiger partial charge in [-0.3, -0.25) is 4.98 Å². The van der Waals surface area contributed by atoms with Gasteiger partial charge in [0.05, 0.1) is 18.1 Å². The molecular formula is C24H20N6O2. The predicted octanol–water partition coefficient (Wildman–Crippen LogP) is 4.36. The standard InChI is InChI=1S/C24H20N6O2/c31-23-6-2-1-5-20(23)22-14-21(17-4-3-11-25-15-17)28-30(22)24(32)27-18-7-9-19(10-8-18)29-13-12-26-16-29/h1-13,15-16,22,31H,14H2,(H,27,32). The first-order chi connectivity index (χ1) is 15.7. The smallest absolute Gasteiger partial charge is 0.342 e. The van der Waals surface area contributed by atoms with E-state index in [0.717, 1.165) is 17.0 Å². The molecule has 32 heavy (non-hydrogen) atoms. The summed E-state index contributed by atoms with van der Waals surface area (Å²) in [5.74, 6) is 0.127. The fraction of sp³-hybridized carbons (Fsp3) is 0.0833. The maximum Gasteiger partial charge on any atom is 0.342 e. The van der Waals surface area contributed by atoms with Gasteiger partial charge in [-0.25, -0.2) is 14.8 Å². The number of aromatic hydroxyl groups is 1. The van der Waals surface area contributed by atoms with E-state index in [1.165, 1.54) is 5.01 Å². The van der Waals surface area contributed by atoms with Crippen molar-refractivity contribution in [2.45, 2.75) is 12.5 Å². The molecular weight excluding hydrogens is 404 g/mol. The quantitative estimate of drug-likeness (QED) is 0.509. The molecule has 0 radical (unpaired) electrons. The van der Waals surface area contributed by atoms with Crippen LogP contribution in [0.5, 0.6) is 5.75 Å². The van der Waals surface area contributed by atoms with Crippen molar-refractivity contribution in [3.8, 4) is 11.4 Å². The molecule has 1 atom stereocenters. The highest BCUT2D eigenvalue weighted by atomic mass is 16.3. The van der Waals surface area contributed by atoms with Crippen molar-refractivity contribution in [2.75, 3.05) is 5.32 Å². The molecule has 1 unspecified atom stereocenters. The van der Waals surface area contributed by atoms with Crippen LogP contribution in [0.1, 0.15) is 23.6 Å². The number of phenols is 1. The number of nitrogens with zero attached hydrogens (tertiary/aromatic N) is 5. The third-order valence-corrected chi connectivity index (χ3v) is 5.33. The van der Waals surface area contributed by atoms with Crippen molar-refractivity contribution in [1.29, 1.82) is 0 Å². The second-order valence-corrected chi connectivity index (χ2v) is 7.36. The average molecular weight is 424 g/mol. The topological polar surface area (TPSA) is 95.6 Å². The summed E-state index contributed by atoms with van der Waals surface area (Å²) < 4.78 is 1.88. The maximum atomic E-state index is 13.2. The van der Waals surface area contributed by atoms with Crippen LogP contribution >= 0.6 is 0 Å². The number of carbonyl (C=O) groups is 1. The monoisotopic (exact) mass is 424 g/mol. The molecule has 1 aliphatic rings. The van der Waals surface area contributed by atoms with E-state index in [4.69, 9.17) is 0 Å². The number of rotatable bonds is 4. The number of para-hydroxylation sites is 1. The van der Waals surface area contributed by atoms with Gasteiger partial charge in [0.1, 0.15) is 5.75 Å². The maximum absolute atomic E-state index is 13.2. The van der Waals surface area contributed by atoms with E-state index in [-0.39, 0.29) is 11.8 Å². The molecule has 1 aliphatic heterocycles. The van der Waals surface area contributed by atoms with Gasteiger partial charge in [0.25, 0.3) is 0 Å². The number of hydrogen-bond acceptors (Lipinski definition) is 5. The number of anilines is 1. The van der Waals surface area contributed by atoms with Gasteiger partial charge in [-0.15, -0.1) is 0 Å². The number of carbonyl (C=O) groups excluding carboxylic acids is 1. The van der Waals surface area contributed by atoms with Crippen molar-refractivity contribution < 1.29 is 9.90 Å². The Balaban J connectivity index is 1.42. The third-order valence-electron chi connectivity index (χ3n) is 5.33. The van der Waals surface area contributed by atoms with Gasteiger partial charge in [-0.1, -0.05) is 24.3 Å². The number of hydrogen-bond donors (Lipinski definition) is 2. The van der Waals surface area contributed by atoms with Gasteiger partial charge in [-0.05, 0) is 36.4 Å². The lowest BCUT2D eigenvalue weighted by atomic mass is 9.98. The van der Waals surface area contributed by atoms with Crippen molar-refractivity contribution in [3.63, 3.8) is 0 Å². The summed E-state index contributed by atoms with van der Waals surface area (Å²) in [6.07, 6.45) is 9.15. The molecule has 0 bridgehead atoms. The molecule has 158 valence electrons. The normalized spacial score (nSPS) is 15.4. The largest absolute Gasteiger partial charge is 0.508 e. The minimum atomic E-state index is -0.434. The Bertz CT molecular complexity index is 1250. The van der Waals surface area contributed by atoms with Crippen LogP contribution in [0.3, 0.4) is 0 Å². The molecule has 2 aromatic carbocycles. The Morgan fingerprint density at radius 1 is 1.00 bits per heavy atom. The van der Waals surface area contributed by atoms with Gasteiger partial charge in [0.2, 0.25) is 0 Å². The molecule has 3 heterocycles. The molecule has 2 N–H and O–H groups in total. The second-order valence-electron chi connectivity index (χ2n) is 7.36. The minimum Gasteiger partial charge on any atom is -0.508 e.